The van der Waals surface area contributed by atoms with Crippen LogP contribution < -0.4 is 4.90 Å². The number of benzene rings is 1. The van der Waals surface area contributed by atoms with E-state index in [2.05, 4.69) is 28.9 Å². The van der Waals surface area contributed by atoms with Crippen molar-refractivity contribution in [1.82, 2.24) is 10.1 Å². The third-order valence-corrected chi connectivity index (χ3v) is 7.25. The van der Waals surface area contributed by atoms with E-state index in [-0.39, 0.29) is 0 Å². The van der Waals surface area contributed by atoms with Crippen molar-refractivity contribution in [3.8, 4) is 0 Å². The molecule has 11 heteroatoms. The molecule has 0 radical (unpaired) electrons. The van der Waals surface area contributed by atoms with E-state index in [0.29, 0.717) is 30.2 Å². The van der Waals surface area contributed by atoms with E-state index >= 15 is 0 Å². The fraction of sp³-hybridized carbons (Fsp3) is 0.692. The van der Waals surface area contributed by atoms with Crippen LogP contribution in [0.15, 0.2) is 21.6 Å². The van der Waals surface area contributed by atoms with Crippen LogP contribution >= 0.6 is 0 Å². The highest BCUT2D eigenvalue weighted by atomic mass is 32.2. The van der Waals surface area contributed by atoms with E-state index in [1.165, 1.54) is 32.6 Å². The van der Waals surface area contributed by atoms with E-state index in [0.717, 1.165) is 56.4 Å². The molecule has 4 rings (SSSR count). The summed E-state index contributed by atoms with van der Waals surface area (Å²) in [6.45, 7) is 13.8. The van der Waals surface area contributed by atoms with Gasteiger partial charge in [-0.25, -0.2) is 17.2 Å². The van der Waals surface area contributed by atoms with Crippen molar-refractivity contribution in [3.05, 3.63) is 35.2 Å². The molecular formula is C26H41F2N3O5S. The third kappa shape index (κ3) is 9.61. The SMILES string of the molecule is CC.CC(C)c1noc(N2CCCC(CC3COCOC3)CC2)n1.Cc1cc(F)c(S(C)(=O)=O)c(F)c1. The molecule has 2 aliphatic rings. The summed E-state index contributed by atoms with van der Waals surface area (Å²) in [4.78, 5) is 5.90. The van der Waals surface area contributed by atoms with Crippen molar-refractivity contribution in [2.24, 2.45) is 11.8 Å². The monoisotopic (exact) mass is 545 g/mol. The van der Waals surface area contributed by atoms with Crippen molar-refractivity contribution in [2.45, 2.75) is 71.1 Å². The number of sulfone groups is 1. The maximum atomic E-state index is 13.0. The maximum Gasteiger partial charge on any atom is 0.324 e. The van der Waals surface area contributed by atoms with Gasteiger partial charge in [0, 0.05) is 31.2 Å². The Labute approximate surface area is 219 Å². The van der Waals surface area contributed by atoms with Crippen molar-refractivity contribution in [3.63, 3.8) is 0 Å². The Morgan fingerprint density at radius 3 is 2.22 bits per heavy atom. The lowest BCUT2D eigenvalue weighted by Gasteiger charge is -2.26. The van der Waals surface area contributed by atoms with E-state index in [1.54, 1.807) is 0 Å². The minimum atomic E-state index is -3.83. The number of anilines is 1. The summed E-state index contributed by atoms with van der Waals surface area (Å²) in [6.07, 6.45) is 5.59. The molecule has 0 N–H and O–H groups in total. The van der Waals surface area contributed by atoms with E-state index in [1.807, 2.05) is 13.8 Å². The lowest BCUT2D eigenvalue weighted by Crippen LogP contribution is -2.27. The third-order valence-electron chi connectivity index (χ3n) is 6.12. The minimum Gasteiger partial charge on any atom is -0.355 e. The molecule has 2 aliphatic heterocycles. The van der Waals surface area contributed by atoms with Gasteiger partial charge in [-0.05, 0) is 56.2 Å². The number of halogens is 2. The maximum absolute atomic E-state index is 13.0. The summed E-state index contributed by atoms with van der Waals surface area (Å²) in [5, 5.41) is 4.07. The summed E-state index contributed by atoms with van der Waals surface area (Å²) in [5.41, 5.74) is 0.349. The molecule has 37 heavy (non-hydrogen) atoms. The van der Waals surface area contributed by atoms with Gasteiger partial charge in [0.25, 0.3) is 0 Å². The standard InChI is InChI=1S/C16H27N3O3.C8H8F2O2S.C2H6/c1-12(2)15-17-16(22-18-15)19-6-3-4-13(5-7-19)8-14-9-20-11-21-10-14;1-5-3-6(9)8(7(10)4-5)13(2,11)12;1-2/h12-14H,3-11H2,1-2H3;3-4H,1-2H3;1-2H3. The first-order valence-corrected chi connectivity index (χ1v) is 14.8. The Hall–Kier alpha value is -2.11. The molecule has 0 saturated carbocycles. The van der Waals surface area contributed by atoms with Crippen molar-refractivity contribution >= 4 is 15.9 Å². The van der Waals surface area contributed by atoms with Gasteiger partial charge in [-0.3, -0.25) is 0 Å². The van der Waals surface area contributed by atoms with E-state index < -0.39 is 26.4 Å². The second-order valence-corrected chi connectivity index (χ2v) is 11.6. The van der Waals surface area contributed by atoms with E-state index in [9.17, 15) is 17.2 Å². The molecule has 2 fully saturated rings. The highest BCUT2D eigenvalue weighted by Crippen LogP contribution is 2.28. The van der Waals surface area contributed by atoms with Crippen LogP contribution in [0.5, 0.6) is 0 Å². The van der Waals surface area contributed by atoms with Crippen molar-refractivity contribution in [1.29, 1.82) is 0 Å². The number of ether oxygens (including phenoxy) is 2. The van der Waals surface area contributed by atoms with Gasteiger partial charge in [-0.2, -0.15) is 4.98 Å². The Bertz CT molecular complexity index is 1050. The molecule has 1 unspecified atom stereocenters. The molecule has 1 aromatic carbocycles. The average Bonchev–Trinajstić information content (AvgIpc) is 3.21. The predicted octanol–water partition coefficient (Wildman–Crippen LogP) is 5.51. The number of rotatable bonds is 5. The first-order valence-electron chi connectivity index (χ1n) is 12.9. The first-order chi connectivity index (χ1) is 17.5. The lowest BCUT2D eigenvalue weighted by atomic mass is 9.90. The Kier molecular flexibility index (Phi) is 12.4. The summed E-state index contributed by atoms with van der Waals surface area (Å²) in [6, 6.07) is 2.66. The van der Waals surface area contributed by atoms with Gasteiger partial charge in [-0.1, -0.05) is 32.9 Å². The Morgan fingerprint density at radius 2 is 1.68 bits per heavy atom. The number of aryl methyl sites for hydroxylation is 1. The molecule has 0 bridgehead atoms. The second kappa shape index (κ2) is 14.7. The fourth-order valence-corrected chi connectivity index (χ4v) is 5.19. The fourth-order valence-electron chi connectivity index (χ4n) is 4.37. The summed E-state index contributed by atoms with van der Waals surface area (Å²) in [7, 11) is -3.83. The minimum absolute atomic E-state index is 0.309. The van der Waals surface area contributed by atoms with Crippen LogP contribution in [0.25, 0.3) is 0 Å². The number of hydrogen-bond acceptors (Lipinski definition) is 8. The number of nitrogens with zero attached hydrogens (tertiary/aromatic N) is 3. The zero-order chi connectivity index (χ0) is 27.6. The van der Waals surface area contributed by atoms with Crippen molar-refractivity contribution in [2.75, 3.05) is 44.3 Å². The number of aromatic nitrogens is 2. The molecule has 3 heterocycles. The smallest absolute Gasteiger partial charge is 0.324 e. The van der Waals surface area contributed by atoms with Crippen LogP contribution in [0, 0.1) is 30.4 Å². The lowest BCUT2D eigenvalue weighted by molar-refractivity contribution is -0.129. The summed E-state index contributed by atoms with van der Waals surface area (Å²) >= 11 is 0. The molecule has 8 nitrogen and oxygen atoms in total. The zero-order valence-corrected chi connectivity index (χ0v) is 23.6. The van der Waals surface area contributed by atoms with Gasteiger partial charge < -0.3 is 18.9 Å². The van der Waals surface area contributed by atoms with Gasteiger partial charge in [-0.15, -0.1) is 0 Å². The summed E-state index contributed by atoms with van der Waals surface area (Å²) < 4.78 is 64.0. The molecule has 1 atom stereocenters. The molecule has 0 aliphatic carbocycles. The normalized spacial score (nSPS) is 18.9. The van der Waals surface area contributed by atoms with E-state index in [4.69, 9.17) is 14.0 Å². The van der Waals surface area contributed by atoms with Crippen LogP contribution in [0.2, 0.25) is 0 Å². The van der Waals surface area contributed by atoms with Gasteiger partial charge in [0.15, 0.2) is 15.7 Å². The highest BCUT2D eigenvalue weighted by Gasteiger charge is 2.25. The topological polar surface area (TPSA) is 94.8 Å². The highest BCUT2D eigenvalue weighted by molar-refractivity contribution is 7.90. The predicted molar refractivity (Wildman–Crippen MR) is 138 cm³/mol. The molecule has 2 aromatic rings. The molecule has 1 aromatic heterocycles. The zero-order valence-electron chi connectivity index (χ0n) is 22.8. The van der Waals surface area contributed by atoms with Crippen LogP contribution in [0.1, 0.15) is 70.7 Å². The second-order valence-electron chi connectivity index (χ2n) is 9.66. The van der Waals surface area contributed by atoms with Crippen LogP contribution in [0.4, 0.5) is 14.8 Å². The Balaban J connectivity index is 0.000000275. The quantitative estimate of drug-likeness (QED) is 0.485. The van der Waals surface area contributed by atoms with Gasteiger partial charge >= 0.3 is 6.01 Å². The molecule has 0 amide bonds. The number of hydrogen-bond donors (Lipinski definition) is 0. The van der Waals surface area contributed by atoms with Crippen LogP contribution in [-0.2, 0) is 19.3 Å². The first kappa shape index (κ1) is 31.1. The van der Waals surface area contributed by atoms with Crippen LogP contribution in [-0.4, -0.2) is 57.9 Å². The molecule has 2 saturated heterocycles. The largest absolute Gasteiger partial charge is 0.355 e. The Morgan fingerprint density at radius 1 is 1.05 bits per heavy atom. The molecular weight excluding hydrogens is 504 g/mol. The van der Waals surface area contributed by atoms with Crippen LogP contribution in [0.3, 0.4) is 0 Å². The van der Waals surface area contributed by atoms with Gasteiger partial charge in [0.05, 0.1) is 13.2 Å². The van der Waals surface area contributed by atoms with Gasteiger partial charge in [0.2, 0.25) is 0 Å². The molecule has 0 spiro atoms. The van der Waals surface area contributed by atoms with Crippen molar-refractivity contribution < 1.29 is 31.2 Å². The summed E-state index contributed by atoms with van der Waals surface area (Å²) in [5.74, 6) is 0.324. The molecule has 210 valence electrons. The average molecular weight is 546 g/mol. The van der Waals surface area contributed by atoms with Gasteiger partial charge in [0.1, 0.15) is 23.3 Å².